The van der Waals surface area contributed by atoms with Crippen molar-refractivity contribution >= 4 is 28.2 Å². The fourth-order valence-electron chi connectivity index (χ4n) is 2.11. The van der Waals surface area contributed by atoms with Crippen molar-refractivity contribution in [1.29, 1.82) is 0 Å². The van der Waals surface area contributed by atoms with E-state index < -0.39 is 0 Å². The van der Waals surface area contributed by atoms with Crippen LogP contribution in [0.2, 0.25) is 0 Å². The minimum atomic E-state index is 0.830. The van der Waals surface area contributed by atoms with Crippen molar-refractivity contribution in [3.8, 4) is 0 Å². The third-order valence-corrected chi connectivity index (χ3v) is 4.14. The van der Waals surface area contributed by atoms with Crippen LogP contribution in [0.25, 0.3) is 10.8 Å². The van der Waals surface area contributed by atoms with Gasteiger partial charge in [-0.2, -0.15) is 0 Å². The summed E-state index contributed by atoms with van der Waals surface area (Å²) in [5.74, 6) is 0.948. The third kappa shape index (κ3) is 2.91. The summed E-state index contributed by atoms with van der Waals surface area (Å²) in [5.41, 5.74) is 7.89. The van der Waals surface area contributed by atoms with Gasteiger partial charge < -0.3 is 5.73 Å². The molecule has 0 spiro atoms. The Morgan fingerprint density at radius 2 is 1.63 bits per heavy atom. The lowest BCUT2D eigenvalue weighted by atomic mass is 10.1. The number of anilines is 1. The minimum Gasteiger partial charge on any atom is -0.399 e. The van der Waals surface area contributed by atoms with E-state index in [1.54, 1.807) is 0 Å². The molecule has 0 aliphatic rings. The molecular weight excluding hydrogens is 250 g/mol. The molecule has 3 rings (SSSR count). The van der Waals surface area contributed by atoms with E-state index in [1.807, 2.05) is 30.0 Å². The molecule has 0 heterocycles. The summed E-state index contributed by atoms with van der Waals surface area (Å²) in [7, 11) is 0. The van der Waals surface area contributed by atoms with Crippen LogP contribution in [-0.4, -0.2) is 0 Å². The number of nitrogen functional groups attached to an aromatic ring is 1. The van der Waals surface area contributed by atoms with Crippen LogP contribution in [0, 0.1) is 0 Å². The second-order valence-electron chi connectivity index (χ2n) is 4.54. The molecule has 0 saturated carbocycles. The smallest absolute Gasteiger partial charge is 0.0317 e. The number of benzene rings is 3. The van der Waals surface area contributed by atoms with Gasteiger partial charge in [0.1, 0.15) is 0 Å². The number of hydrogen-bond acceptors (Lipinski definition) is 2. The van der Waals surface area contributed by atoms with Crippen LogP contribution in [0.1, 0.15) is 5.56 Å². The van der Waals surface area contributed by atoms with Crippen molar-refractivity contribution in [2.75, 3.05) is 5.73 Å². The van der Waals surface area contributed by atoms with E-state index in [2.05, 4.69) is 48.5 Å². The molecule has 94 valence electrons. The molecule has 0 aliphatic heterocycles. The second kappa shape index (κ2) is 5.37. The van der Waals surface area contributed by atoms with Crippen molar-refractivity contribution in [3.05, 3.63) is 72.3 Å². The van der Waals surface area contributed by atoms with Crippen molar-refractivity contribution in [1.82, 2.24) is 0 Å². The Morgan fingerprint density at radius 1 is 0.789 bits per heavy atom. The van der Waals surface area contributed by atoms with E-state index in [0.717, 1.165) is 11.4 Å². The first-order valence-corrected chi connectivity index (χ1v) is 7.26. The molecule has 0 aromatic heterocycles. The fraction of sp³-hybridized carbons (Fsp3) is 0.0588. The molecule has 0 saturated heterocycles. The van der Waals surface area contributed by atoms with Crippen molar-refractivity contribution in [2.45, 2.75) is 10.6 Å². The molecule has 3 aromatic rings. The number of nitrogens with two attached hydrogens (primary N) is 1. The standard InChI is InChI=1S/C17H15NS/c18-16-7-3-4-13(10-16)12-19-17-9-8-14-5-1-2-6-15(14)11-17/h1-11H,12,18H2. The van der Waals surface area contributed by atoms with Crippen LogP contribution in [-0.2, 0) is 5.75 Å². The largest absolute Gasteiger partial charge is 0.399 e. The molecule has 2 N–H and O–H groups in total. The molecule has 0 fully saturated rings. The number of rotatable bonds is 3. The first kappa shape index (κ1) is 12.1. The molecule has 19 heavy (non-hydrogen) atoms. The Kier molecular flexibility index (Phi) is 3.43. The van der Waals surface area contributed by atoms with Crippen LogP contribution in [0.3, 0.4) is 0 Å². The monoisotopic (exact) mass is 265 g/mol. The molecule has 3 aromatic carbocycles. The number of fused-ring (bicyclic) bond motifs is 1. The Bertz CT molecular complexity index is 706. The van der Waals surface area contributed by atoms with Crippen molar-refractivity contribution < 1.29 is 0 Å². The predicted molar refractivity (Wildman–Crippen MR) is 84.4 cm³/mol. The SMILES string of the molecule is Nc1cccc(CSc2ccc3ccccc3c2)c1. The molecule has 0 amide bonds. The number of hydrogen-bond donors (Lipinski definition) is 1. The number of thioether (sulfide) groups is 1. The summed E-state index contributed by atoms with van der Waals surface area (Å²) in [6, 6.07) is 23.1. The van der Waals surface area contributed by atoms with Gasteiger partial charge in [0.05, 0.1) is 0 Å². The summed E-state index contributed by atoms with van der Waals surface area (Å²) in [6.07, 6.45) is 0. The minimum absolute atomic E-state index is 0.830. The van der Waals surface area contributed by atoms with Gasteiger partial charge in [-0.15, -0.1) is 11.8 Å². The quantitative estimate of drug-likeness (QED) is 0.548. The van der Waals surface area contributed by atoms with E-state index in [0.29, 0.717) is 0 Å². The molecule has 0 bridgehead atoms. The lowest BCUT2D eigenvalue weighted by Crippen LogP contribution is -1.86. The van der Waals surface area contributed by atoms with Crippen molar-refractivity contribution in [2.24, 2.45) is 0 Å². The Morgan fingerprint density at radius 3 is 2.47 bits per heavy atom. The van der Waals surface area contributed by atoms with Crippen LogP contribution in [0.15, 0.2) is 71.6 Å². The molecule has 0 radical (unpaired) electrons. The first-order valence-electron chi connectivity index (χ1n) is 6.27. The predicted octanol–water partition coefficient (Wildman–Crippen LogP) is 4.71. The van der Waals surface area contributed by atoms with E-state index in [1.165, 1.54) is 21.2 Å². The van der Waals surface area contributed by atoms with Crippen LogP contribution >= 0.6 is 11.8 Å². The maximum absolute atomic E-state index is 5.79. The van der Waals surface area contributed by atoms with Gasteiger partial charge in [-0.05, 0) is 40.6 Å². The molecule has 0 atom stereocenters. The lowest BCUT2D eigenvalue weighted by Gasteiger charge is -2.05. The van der Waals surface area contributed by atoms with Crippen LogP contribution in [0.4, 0.5) is 5.69 Å². The zero-order valence-electron chi connectivity index (χ0n) is 10.5. The molecule has 0 aliphatic carbocycles. The average Bonchev–Trinajstić information content (AvgIpc) is 2.45. The summed E-state index contributed by atoms with van der Waals surface area (Å²) in [6.45, 7) is 0. The summed E-state index contributed by atoms with van der Waals surface area (Å²) in [5, 5.41) is 2.58. The third-order valence-electron chi connectivity index (χ3n) is 3.08. The topological polar surface area (TPSA) is 26.0 Å². The Balaban J connectivity index is 1.78. The average molecular weight is 265 g/mol. The summed E-state index contributed by atoms with van der Waals surface area (Å²) in [4.78, 5) is 1.29. The van der Waals surface area contributed by atoms with E-state index in [-0.39, 0.29) is 0 Å². The van der Waals surface area contributed by atoms with Gasteiger partial charge in [-0.3, -0.25) is 0 Å². The molecule has 0 unspecified atom stereocenters. The van der Waals surface area contributed by atoms with Crippen LogP contribution < -0.4 is 5.73 Å². The highest BCUT2D eigenvalue weighted by Gasteiger charge is 1.99. The van der Waals surface area contributed by atoms with Gasteiger partial charge in [0.15, 0.2) is 0 Å². The molecule has 2 heteroatoms. The highest BCUT2D eigenvalue weighted by molar-refractivity contribution is 7.98. The van der Waals surface area contributed by atoms with Crippen molar-refractivity contribution in [3.63, 3.8) is 0 Å². The van der Waals surface area contributed by atoms with Gasteiger partial charge in [0.25, 0.3) is 0 Å². The zero-order valence-corrected chi connectivity index (χ0v) is 11.4. The van der Waals surface area contributed by atoms with Gasteiger partial charge >= 0.3 is 0 Å². The van der Waals surface area contributed by atoms with Gasteiger partial charge in [-0.1, -0.05) is 42.5 Å². The molecular formula is C17H15NS. The summed E-state index contributed by atoms with van der Waals surface area (Å²) >= 11 is 1.84. The zero-order chi connectivity index (χ0) is 13.1. The fourth-order valence-corrected chi connectivity index (χ4v) is 2.99. The highest BCUT2D eigenvalue weighted by Crippen LogP contribution is 2.26. The highest BCUT2D eigenvalue weighted by atomic mass is 32.2. The Labute approximate surface area is 117 Å². The first-order chi connectivity index (χ1) is 9.31. The van der Waals surface area contributed by atoms with Crippen LogP contribution in [0.5, 0.6) is 0 Å². The van der Waals surface area contributed by atoms with Gasteiger partial charge in [0.2, 0.25) is 0 Å². The van der Waals surface area contributed by atoms with E-state index in [4.69, 9.17) is 5.73 Å². The maximum atomic E-state index is 5.79. The maximum Gasteiger partial charge on any atom is 0.0317 e. The molecule has 1 nitrogen and oxygen atoms in total. The lowest BCUT2D eigenvalue weighted by molar-refractivity contribution is 1.39. The van der Waals surface area contributed by atoms with Gasteiger partial charge in [0, 0.05) is 16.3 Å². The summed E-state index contributed by atoms with van der Waals surface area (Å²) < 4.78 is 0. The Hall–Kier alpha value is -1.93. The van der Waals surface area contributed by atoms with E-state index >= 15 is 0 Å². The normalized spacial score (nSPS) is 10.7. The second-order valence-corrected chi connectivity index (χ2v) is 5.59. The van der Waals surface area contributed by atoms with Gasteiger partial charge in [-0.25, -0.2) is 0 Å². The van der Waals surface area contributed by atoms with E-state index in [9.17, 15) is 0 Å².